The fourth-order valence-electron chi connectivity index (χ4n) is 3.34. The first-order valence-electron chi connectivity index (χ1n) is 11.1. The minimum atomic E-state index is -0.511. The Hall–Kier alpha value is -4.66. The van der Waals surface area contributed by atoms with Gasteiger partial charge in [-0.2, -0.15) is 0 Å². The molecule has 2 aromatic heterocycles. The van der Waals surface area contributed by atoms with Crippen molar-refractivity contribution >= 4 is 17.7 Å². The van der Waals surface area contributed by atoms with Crippen LogP contribution < -0.4 is 14.8 Å². The van der Waals surface area contributed by atoms with E-state index >= 15 is 0 Å². The Morgan fingerprint density at radius 1 is 0.917 bits per heavy atom. The number of hydrogen-bond acceptors (Lipinski definition) is 8. The summed E-state index contributed by atoms with van der Waals surface area (Å²) in [4.78, 5) is 28.7. The summed E-state index contributed by atoms with van der Waals surface area (Å²) in [5, 5.41) is 6.64. The molecule has 4 aromatic rings. The lowest BCUT2D eigenvalue weighted by Gasteiger charge is -2.13. The minimum absolute atomic E-state index is 0.163. The van der Waals surface area contributed by atoms with Crippen LogP contribution in [0, 0.1) is 13.8 Å². The fraction of sp³-hybridized carbons (Fsp3) is 0.185. The standard InChI is InChI=1S/C27H25N3O6/c1-17-6-4-5-7-20(17)15-34-23-11-21(12-24(13-23)35-16-22-10-18(2)36-30-22)26(31)29-25-9-8-19(14-28-25)27(32)33-3/h4-14H,15-16H2,1-3H3,(H,28,29,31). The maximum absolute atomic E-state index is 13.0. The van der Waals surface area contributed by atoms with Crippen LogP contribution >= 0.6 is 0 Å². The summed E-state index contributed by atoms with van der Waals surface area (Å²) in [7, 11) is 1.29. The SMILES string of the molecule is COC(=O)c1ccc(NC(=O)c2cc(OCc3cc(C)on3)cc(OCc3ccccc3C)c2)nc1. The van der Waals surface area contributed by atoms with Gasteiger partial charge >= 0.3 is 5.97 Å². The zero-order valence-electron chi connectivity index (χ0n) is 20.1. The second kappa shape index (κ2) is 11.2. The van der Waals surface area contributed by atoms with Crippen molar-refractivity contribution in [3.63, 3.8) is 0 Å². The van der Waals surface area contributed by atoms with Gasteiger partial charge in [0.25, 0.3) is 5.91 Å². The predicted molar refractivity (Wildman–Crippen MR) is 131 cm³/mol. The summed E-state index contributed by atoms with van der Waals surface area (Å²) >= 11 is 0. The Balaban J connectivity index is 1.53. The Morgan fingerprint density at radius 3 is 2.31 bits per heavy atom. The van der Waals surface area contributed by atoms with Gasteiger partial charge in [0.2, 0.25) is 0 Å². The van der Waals surface area contributed by atoms with Gasteiger partial charge in [-0.05, 0) is 49.2 Å². The molecule has 0 unspecified atom stereocenters. The van der Waals surface area contributed by atoms with Crippen LogP contribution in [0.2, 0.25) is 0 Å². The molecule has 0 fully saturated rings. The Kier molecular flexibility index (Phi) is 7.60. The van der Waals surface area contributed by atoms with Crippen LogP contribution in [-0.2, 0) is 18.0 Å². The molecule has 1 amide bonds. The highest BCUT2D eigenvalue weighted by Crippen LogP contribution is 2.26. The molecule has 0 atom stereocenters. The van der Waals surface area contributed by atoms with Gasteiger partial charge in [0.1, 0.15) is 42.0 Å². The van der Waals surface area contributed by atoms with Gasteiger partial charge < -0.3 is 24.1 Å². The van der Waals surface area contributed by atoms with E-state index < -0.39 is 11.9 Å². The van der Waals surface area contributed by atoms with Crippen molar-refractivity contribution in [2.24, 2.45) is 0 Å². The molecule has 2 aromatic carbocycles. The van der Waals surface area contributed by atoms with E-state index in [0.717, 1.165) is 11.1 Å². The lowest BCUT2D eigenvalue weighted by Crippen LogP contribution is -2.14. The average molecular weight is 488 g/mol. The summed E-state index contributed by atoms with van der Waals surface area (Å²) in [5.41, 5.74) is 3.34. The molecular weight excluding hydrogens is 462 g/mol. The summed E-state index contributed by atoms with van der Waals surface area (Å²) < 4.78 is 21.6. The highest BCUT2D eigenvalue weighted by molar-refractivity contribution is 6.04. The molecule has 0 aliphatic rings. The number of aryl methyl sites for hydroxylation is 2. The number of hydrogen-bond donors (Lipinski definition) is 1. The van der Waals surface area contributed by atoms with Gasteiger partial charge in [0, 0.05) is 23.9 Å². The van der Waals surface area contributed by atoms with Crippen LogP contribution in [-0.4, -0.2) is 29.1 Å². The summed E-state index contributed by atoms with van der Waals surface area (Å²) in [5.74, 6) is 0.914. The van der Waals surface area contributed by atoms with Crippen molar-refractivity contribution < 1.29 is 28.3 Å². The maximum Gasteiger partial charge on any atom is 0.339 e. The second-order valence-electron chi connectivity index (χ2n) is 8.00. The molecule has 0 aliphatic carbocycles. The van der Waals surface area contributed by atoms with E-state index in [9.17, 15) is 9.59 Å². The number of anilines is 1. The summed E-state index contributed by atoms with van der Waals surface area (Å²) in [6.45, 7) is 4.30. The number of amides is 1. The highest BCUT2D eigenvalue weighted by Gasteiger charge is 2.14. The Bertz CT molecular complexity index is 1360. The first-order valence-corrected chi connectivity index (χ1v) is 11.1. The van der Waals surface area contributed by atoms with Crippen molar-refractivity contribution in [2.75, 3.05) is 12.4 Å². The van der Waals surface area contributed by atoms with Crippen molar-refractivity contribution in [3.05, 3.63) is 101 Å². The highest BCUT2D eigenvalue weighted by atomic mass is 16.5. The molecule has 1 N–H and O–H groups in total. The van der Waals surface area contributed by atoms with Gasteiger partial charge in [-0.15, -0.1) is 0 Å². The van der Waals surface area contributed by atoms with Crippen LogP contribution in [0.4, 0.5) is 5.82 Å². The molecule has 4 rings (SSSR count). The summed E-state index contributed by atoms with van der Waals surface area (Å²) in [6.07, 6.45) is 1.33. The van der Waals surface area contributed by atoms with Gasteiger partial charge in [0.15, 0.2) is 0 Å². The molecule has 0 saturated heterocycles. The molecule has 0 radical (unpaired) electrons. The van der Waals surface area contributed by atoms with E-state index in [2.05, 4.69) is 20.2 Å². The number of ether oxygens (including phenoxy) is 3. The molecule has 9 heteroatoms. The van der Waals surface area contributed by atoms with Gasteiger partial charge in [-0.25, -0.2) is 9.78 Å². The van der Waals surface area contributed by atoms with Crippen LogP contribution in [0.25, 0.3) is 0 Å². The van der Waals surface area contributed by atoms with Crippen LogP contribution in [0.5, 0.6) is 11.5 Å². The van der Waals surface area contributed by atoms with Crippen molar-refractivity contribution in [3.8, 4) is 11.5 Å². The molecule has 0 saturated carbocycles. The quantitative estimate of drug-likeness (QED) is 0.332. The number of carbonyl (C=O) groups is 2. The van der Waals surface area contributed by atoms with Gasteiger partial charge in [0.05, 0.1) is 12.7 Å². The number of nitrogens with one attached hydrogen (secondary N) is 1. The molecular formula is C27H25N3O6. The van der Waals surface area contributed by atoms with Crippen molar-refractivity contribution in [1.29, 1.82) is 0 Å². The van der Waals surface area contributed by atoms with Crippen LogP contribution in [0.15, 0.2) is 71.4 Å². The number of benzene rings is 2. The molecule has 184 valence electrons. The third-order valence-corrected chi connectivity index (χ3v) is 5.29. The molecule has 2 heterocycles. The number of nitrogens with zero attached hydrogens (tertiary/aromatic N) is 2. The van der Waals surface area contributed by atoms with E-state index in [1.54, 1.807) is 31.2 Å². The van der Waals surface area contributed by atoms with Crippen LogP contribution in [0.3, 0.4) is 0 Å². The monoisotopic (exact) mass is 487 g/mol. The lowest BCUT2D eigenvalue weighted by molar-refractivity contribution is 0.0600. The third kappa shape index (κ3) is 6.26. The molecule has 9 nitrogen and oxygen atoms in total. The molecule has 36 heavy (non-hydrogen) atoms. The first-order chi connectivity index (χ1) is 17.4. The second-order valence-corrected chi connectivity index (χ2v) is 8.00. The zero-order valence-corrected chi connectivity index (χ0v) is 20.1. The number of esters is 1. The van der Waals surface area contributed by atoms with E-state index in [0.29, 0.717) is 35.1 Å². The third-order valence-electron chi connectivity index (χ3n) is 5.29. The predicted octanol–water partition coefficient (Wildman–Crippen LogP) is 4.88. The first kappa shape index (κ1) is 24.5. The number of carbonyl (C=O) groups excluding carboxylic acids is 2. The largest absolute Gasteiger partial charge is 0.489 e. The lowest BCUT2D eigenvalue weighted by atomic mass is 10.1. The molecule has 0 aliphatic heterocycles. The minimum Gasteiger partial charge on any atom is -0.489 e. The number of pyridine rings is 1. The summed E-state index contributed by atoms with van der Waals surface area (Å²) in [6, 6.07) is 17.7. The fourth-order valence-corrected chi connectivity index (χ4v) is 3.34. The van der Waals surface area contributed by atoms with E-state index in [1.807, 2.05) is 31.2 Å². The van der Waals surface area contributed by atoms with E-state index in [4.69, 9.17) is 14.0 Å². The van der Waals surface area contributed by atoms with Crippen molar-refractivity contribution in [2.45, 2.75) is 27.1 Å². The van der Waals surface area contributed by atoms with Gasteiger partial charge in [-0.3, -0.25) is 4.79 Å². The molecule has 0 spiro atoms. The van der Waals surface area contributed by atoms with Crippen molar-refractivity contribution in [1.82, 2.24) is 10.1 Å². The van der Waals surface area contributed by atoms with Gasteiger partial charge in [-0.1, -0.05) is 29.4 Å². The Morgan fingerprint density at radius 2 is 1.67 bits per heavy atom. The number of rotatable bonds is 9. The smallest absolute Gasteiger partial charge is 0.339 e. The number of aromatic nitrogens is 2. The average Bonchev–Trinajstić information content (AvgIpc) is 3.32. The maximum atomic E-state index is 13.0. The zero-order chi connectivity index (χ0) is 25.5. The van der Waals surface area contributed by atoms with E-state index in [-0.39, 0.29) is 18.0 Å². The number of methoxy groups -OCH3 is 1. The molecule has 0 bridgehead atoms. The van der Waals surface area contributed by atoms with Crippen LogP contribution in [0.1, 0.15) is 43.3 Å². The van der Waals surface area contributed by atoms with E-state index in [1.165, 1.54) is 25.4 Å². The normalized spacial score (nSPS) is 10.5. The topological polar surface area (TPSA) is 113 Å². The Labute approximate surface area is 208 Å².